The van der Waals surface area contributed by atoms with Crippen LogP contribution in [0, 0.1) is 0 Å². The zero-order chi connectivity index (χ0) is 19.6. The second kappa shape index (κ2) is 7.24. The van der Waals surface area contributed by atoms with E-state index >= 15 is 0 Å². The van der Waals surface area contributed by atoms with Crippen molar-refractivity contribution in [1.29, 1.82) is 0 Å². The van der Waals surface area contributed by atoms with Crippen molar-refractivity contribution in [2.75, 3.05) is 6.26 Å². The Morgan fingerprint density at radius 2 is 1.81 bits per heavy atom. The summed E-state index contributed by atoms with van der Waals surface area (Å²) in [6, 6.07) is 11.6. The first-order valence-electron chi connectivity index (χ1n) is 7.91. The van der Waals surface area contributed by atoms with Crippen LogP contribution in [0.5, 0.6) is 5.75 Å². The first-order chi connectivity index (χ1) is 12.7. The van der Waals surface area contributed by atoms with Gasteiger partial charge in [0.05, 0.1) is 11.3 Å². The Hall–Kier alpha value is -3.13. The van der Waals surface area contributed by atoms with Gasteiger partial charge >= 0.3 is 11.6 Å². The summed E-state index contributed by atoms with van der Waals surface area (Å²) in [7, 11) is -3.16. The third kappa shape index (κ3) is 4.73. The van der Waals surface area contributed by atoms with Crippen LogP contribution in [0.3, 0.4) is 0 Å². The molecule has 8 heteroatoms. The average molecular weight is 388 g/mol. The highest BCUT2D eigenvalue weighted by Crippen LogP contribution is 2.22. The van der Waals surface area contributed by atoms with Gasteiger partial charge in [-0.05, 0) is 29.8 Å². The Balaban J connectivity index is 1.76. The maximum absolute atomic E-state index is 12.2. The van der Waals surface area contributed by atoms with Gasteiger partial charge < -0.3 is 14.3 Å². The Morgan fingerprint density at radius 3 is 2.48 bits per heavy atom. The summed E-state index contributed by atoms with van der Waals surface area (Å²) in [4.78, 5) is 23.9. The molecule has 3 aromatic rings. The average Bonchev–Trinajstić information content (AvgIpc) is 2.58. The molecule has 3 rings (SSSR count). The number of hydrogen-bond acceptors (Lipinski definition) is 7. The topological polar surface area (TPSA) is 111 Å². The number of esters is 1. The van der Waals surface area contributed by atoms with Crippen LogP contribution in [0.25, 0.3) is 11.0 Å². The van der Waals surface area contributed by atoms with Gasteiger partial charge in [-0.1, -0.05) is 12.1 Å². The number of phenolic OH excluding ortho intramolecular Hbond substituents is 1. The van der Waals surface area contributed by atoms with Gasteiger partial charge in [-0.2, -0.15) is 0 Å². The molecule has 1 N–H and O–H groups in total. The van der Waals surface area contributed by atoms with Crippen LogP contribution >= 0.6 is 0 Å². The lowest BCUT2D eigenvalue weighted by atomic mass is 10.1. The van der Waals surface area contributed by atoms with Crippen molar-refractivity contribution in [2.24, 2.45) is 0 Å². The van der Waals surface area contributed by atoms with Crippen LogP contribution in [-0.2, 0) is 26.9 Å². The van der Waals surface area contributed by atoms with Crippen LogP contribution in [0.4, 0.5) is 0 Å². The number of sulfone groups is 1. The first kappa shape index (κ1) is 18.7. The molecule has 0 saturated heterocycles. The third-order valence-corrected chi connectivity index (χ3v) is 4.65. The third-order valence-electron chi connectivity index (χ3n) is 3.79. The van der Waals surface area contributed by atoms with Crippen molar-refractivity contribution in [1.82, 2.24) is 0 Å². The van der Waals surface area contributed by atoms with Gasteiger partial charge in [0.1, 0.15) is 17.9 Å². The summed E-state index contributed by atoms with van der Waals surface area (Å²) in [5, 5.41) is 10.0. The zero-order valence-corrected chi connectivity index (χ0v) is 15.2. The van der Waals surface area contributed by atoms with Gasteiger partial charge in [0, 0.05) is 29.3 Å². The number of fused-ring (bicyclic) bond motifs is 1. The highest BCUT2D eigenvalue weighted by molar-refractivity contribution is 7.89. The van der Waals surface area contributed by atoms with E-state index in [0.717, 1.165) is 6.26 Å². The molecule has 0 bridgehead atoms. The van der Waals surface area contributed by atoms with E-state index in [9.17, 15) is 23.1 Å². The molecule has 27 heavy (non-hydrogen) atoms. The molecule has 0 aliphatic rings. The Morgan fingerprint density at radius 1 is 1.11 bits per heavy atom. The minimum atomic E-state index is -3.16. The lowest BCUT2D eigenvalue weighted by Gasteiger charge is -2.08. The maximum Gasteiger partial charge on any atom is 0.338 e. The molecule has 0 fully saturated rings. The summed E-state index contributed by atoms with van der Waals surface area (Å²) in [5.41, 5.74) is 0.851. The summed E-state index contributed by atoms with van der Waals surface area (Å²) in [6.07, 6.45) is 1.13. The predicted octanol–water partition coefficient (Wildman–Crippen LogP) is 2.40. The molecule has 0 aliphatic carbocycles. The molecule has 0 atom stereocenters. The van der Waals surface area contributed by atoms with Crippen molar-refractivity contribution >= 4 is 26.8 Å². The number of carbonyl (C=O) groups excluding carboxylic acids is 1. The Labute approximate surface area is 154 Å². The van der Waals surface area contributed by atoms with E-state index in [1.165, 1.54) is 30.3 Å². The smallest absolute Gasteiger partial charge is 0.338 e. The van der Waals surface area contributed by atoms with E-state index in [4.69, 9.17) is 9.15 Å². The Kier molecular flexibility index (Phi) is 5.00. The minimum absolute atomic E-state index is 0.0472. The van der Waals surface area contributed by atoms with E-state index < -0.39 is 21.4 Å². The fourth-order valence-electron chi connectivity index (χ4n) is 2.60. The standard InChI is InChI=1S/C19H16O7S/c1-27(23,24)11-12-2-4-13(5-3-12)19(22)25-10-14-8-18(21)26-17-9-15(20)6-7-16(14)17/h2-9,20H,10-11H2,1H3. The molecule has 1 heterocycles. The van der Waals surface area contributed by atoms with E-state index in [1.54, 1.807) is 18.2 Å². The highest BCUT2D eigenvalue weighted by atomic mass is 32.2. The summed E-state index contributed by atoms with van der Waals surface area (Å²) >= 11 is 0. The second-order valence-electron chi connectivity index (χ2n) is 6.11. The number of carbonyl (C=O) groups is 1. The van der Waals surface area contributed by atoms with Crippen LogP contribution < -0.4 is 5.63 Å². The van der Waals surface area contributed by atoms with Gasteiger partial charge in [0.2, 0.25) is 0 Å². The number of benzene rings is 2. The maximum atomic E-state index is 12.2. The molecule has 1 aromatic heterocycles. The van der Waals surface area contributed by atoms with Crippen LogP contribution in [0.2, 0.25) is 0 Å². The largest absolute Gasteiger partial charge is 0.508 e. The molecule has 0 aliphatic heterocycles. The van der Waals surface area contributed by atoms with E-state index in [2.05, 4.69) is 0 Å². The Bertz CT molecular complexity index is 1160. The molecule has 2 aromatic carbocycles. The first-order valence-corrected chi connectivity index (χ1v) is 9.97. The van der Waals surface area contributed by atoms with Crippen molar-refractivity contribution in [3.05, 3.63) is 75.6 Å². The highest BCUT2D eigenvalue weighted by Gasteiger charge is 2.12. The van der Waals surface area contributed by atoms with Gasteiger partial charge in [-0.3, -0.25) is 0 Å². The van der Waals surface area contributed by atoms with Crippen LogP contribution in [0.15, 0.2) is 57.7 Å². The normalized spacial score (nSPS) is 11.4. The lowest BCUT2D eigenvalue weighted by molar-refractivity contribution is 0.0474. The monoisotopic (exact) mass is 388 g/mol. The SMILES string of the molecule is CS(=O)(=O)Cc1ccc(C(=O)OCc2cc(=O)oc3cc(O)ccc23)cc1. The fourth-order valence-corrected chi connectivity index (χ4v) is 3.40. The van der Waals surface area contributed by atoms with Crippen LogP contribution in [0.1, 0.15) is 21.5 Å². The minimum Gasteiger partial charge on any atom is -0.508 e. The molecule has 140 valence electrons. The van der Waals surface area contributed by atoms with E-state index in [0.29, 0.717) is 16.5 Å². The fraction of sp³-hybridized carbons (Fsp3) is 0.158. The van der Waals surface area contributed by atoms with E-state index in [-0.39, 0.29) is 29.3 Å². The summed E-state index contributed by atoms with van der Waals surface area (Å²) in [6.45, 7) is -0.156. The van der Waals surface area contributed by atoms with Crippen molar-refractivity contribution in [3.8, 4) is 5.75 Å². The predicted molar refractivity (Wildman–Crippen MR) is 98.3 cm³/mol. The lowest BCUT2D eigenvalue weighted by Crippen LogP contribution is -2.08. The molecule has 0 unspecified atom stereocenters. The second-order valence-corrected chi connectivity index (χ2v) is 8.25. The molecule has 0 amide bonds. The number of aromatic hydroxyl groups is 1. The van der Waals surface area contributed by atoms with Crippen molar-refractivity contribution < 1.29 is 27.5 Å². The molecular formula is C19H16O7S. The summed E-state index contributed by atoms with van der Waals surface area (Å²) < 4.78 is 32.9. The van der Waals surface area contributed by atoms with Crippen LogP contribution in [-0.4, -0.2) is 25.7 Å². The molecule has 0 saturated carbocycles. The summed E-state index contributed by atoms with van der Waals surface area (Å²) in [5.74, 6) is -0.768. The number of hydrogen-bond donors (Lipinski definition) is 1. The zero-order valence-electron chi connectivity index (χ0n) is 14.3. The molecule has 7 nitrogen and oxygen atoms in total. The van der Waals surface area contributed by atoms with E-state index in [1.807, 2.05) is 0 Å². The van der Waals surface area contributed by atoms with Gasteiger partial charge in [0.25, 0.3) is 0 Å². The number of ether oxygens (including phenoxy) is 1. The quantitative estimate of drug-likeness (QED) is 0.528. The number of phenols is 1. The van der Waals surface area contributed by atoms with Gasteiger partial charge in [-0.25, -0.2) is 18.0 Å². The van der Waals surface area contributed by atoms with Crippen molar-refractivity contribution in [3.63, 3.8) is 0 Å². The molecule has 0 radical (unpaired) electrons. The van der Waals surface area contributed by atoms with Gasteiger partial charge in [0.15, 0.2) is 9.84 Å². The van der Waals surface area contributed by atoms with Crippen molar-refractivity contribution in [2.45, 2.75) is 12.4 Å². The number of rotatable bonds is 5. The van der Waals surface area contributed by atoms with Gasteiger partial charge in [-0.15, -0.1) is 0 Å². The molecular weight excluding hydrogens is 372 g/mol. The molecule has 0 spiro atoms.